The second kappa shape index (κ2) is 5.65. The third-order valence-corrected chi connectivity index (χ3v) is 3.24. The number of aromatic nitrogens is 2. The van der Waals surface area contributed by atoms with Gasteiger partial charge in [0.2, 0.25) is 0 Å². The minimum Gasteiger partial charge on any atom is -0.382 e. The average molecular weight is 309 g/mol. The number of hydrogen-bond acceptors (Lipinski definition) is 3. The monoisotopic (exact) mass is 308 g/mol. The molecule has 92 valence electrons. The van der Waals surface area contributed by atoms with Crippen LogP contribution in [0.25, 0.3) is 0 Å². The largest absolute Gasteiger partial charge is 0.382 e. The summed E-state index contributed by atoms with van der Waals surface area (Å²) in [6, 6.07) is 5.05. The zero-order chi connectivity index (χ0) is 13.0. The van der Waals surface area contributed by atoms with Crippen molar-refractivity contribution in [3.63, 3.8) is 0 Å². The van der Waals surface area contributed by atoms with Crippen LogP contribution in [0, 0.1) is 17.1 Å². The molecule has 2 N–H and O–H groups in total. The molecule has 0 amide bonds. The maximum atomic E-state index is 13.8. The van der Waals surface area contributed by atoms with E-state index in [-0.39, 0.29) is 10.0 Å². The minimum atomic E-state index is -0.446. The molecule has 1 aromatic carbocycles. The van der Waals surface area contributed by atoms with Gasteiger partial charge in [-0.25, -0.2) is 9.37 Å². The van der Waals surface area contributed by atoms with Crippen molar-refractivity contribution in [1.29, 1.82) is 5.26 Å². The van der Waals surface area contributed by atoms with Crippen LogP contribution in [0.5, 0.6) is 0 Å². The van der Waals surface area contributed by atoms with Gasteiger partial charge in [0.05, 0.1) is 22.1 Å². The Morgan fingerprint density at radius 2 is 2.33 bits per heavy atom. The van der Waals surface area contributed by atoms with Gasteiger partial charge in [-0.05, 0) is 28.1 Å². The molecule has 2 aromatic rings. The van der Waals surface area contributed by atoms with E-state index >= 15 is 0 Å². The summed E-state index contributed by atoms with van der Waals surface area (Å²) >= 11 is 3.07. The van der Waals surface area contributed by atoms with Crippen LogP contribution in [0.4, 0.5) is 10.1 Å². The molecule has 2 rings (SSSR count). The number of benzene rings is 1. The van der Waals surface area contributed by atoms with Crippen molar-refractivity contribution in [2.45, 2.75) is 6.42 Å². The lowest BCUT2D eigenvalue weighted by Gasteiger charge is -2.08. The van der Waals surface area contributed by atoms with E-state index < -0.39 is 5.82 Å². The molecule has 0 saturated heterocycles. The molecule has 0 fully saturated rings. The number of anilines is 1. The molecule has 0 radical (unpaired) electrons. The first-order chi connectivity index (χ1) is 8.72. The summed E-state index contributed by atoms with van der Waals surface area (Å²) in [5, 5.41) is 11.7. The van der Waals surface area contributed by atoms with Crippen LogP contribution < -0.4 is 5.32 Å². The fraction of sp³-hybridized carbons (Fsp3) is 0.167. The molecule has 0 unspecified atom stereocenters. The van der Waals surface area contributed by atoms with E-state index in [0.29, 0.717) is 12.2 Å². The number of nitrogens with zero attached hydrogens (tertiary/aromatic N) is 2. The van der Waals surface area contributed by atoms with Gasteiger partial charge in [0.25, 0.3) is 0 Å². The maximum Gasteiger partial charge on any atom is 0.161 e. The summed E-state index contributed by atoms with van der Waals surface area (Å²) in [5.41, 5.74) is 1.64. The Morgan fingerprint density at radius 3 is 3.00 bits per heavy atom. The Kier molecular flexibility index (Phi) is 3.95. The molecule has 0 bridgehead atoms. The highest BCUT2D eigenvalue weighted by Gasteiger charge is 2.10. The smallest absolute Gasteiger partial charge is 0.161 e. The highest BCUT2D eigenvalue weighted by molar-refractivity contribution is 9.10. The van der Waals surface area contributed by atoms with Crippen molar-refractivity contribution in [3.05, 3.63) is 46.2 Å². The lowest BCUT2D eigenvalue weighted by Crippen LogP contribution is -2.07. The van der Waals surface area contributed by atoms with Gasteiger partial charge in [-0.2, -0.15) is 5.26 Å². The normalized spacial score (nSPS) is 10.1. The molecule has 0 atom stereocenters. The maximum absolute atomic E-state index is 13.8. The number of nitriles is 1. The standard InChI is InChI=1S/C12H10BrFN4/c13-11-8(5-15)1-2-10(12(11)14)17-4-3-9-6-16-7-18-9/h1-2,6-7,17H,3-4H2,(H,16,18). The zero-order valence-electron chi connectivity index (χ0n) is 9.37. The molecular weight excluding hydrogens is 299 g/mol. The number of aromatic amines is 1. The summed E-state index contributed by atoms with van der Waals surface area (Å²) in [4.78, 5) is 6.87. The van der Waals surface area contributed by atoms with Gasteiger partial charge in [-0.15, -0.1) is 0 Å². The van der Waals surface area contributed by atoms with Crippen LogP contribution in [0.15, 0.2) is 29.1 Å². The Morgan fingerprint density at radius 1 is 1.50 bits per heavy atom. The third-order valence-electron chi connectivity index (χ3n) is 2.47. The van der Waals surface area contributed by atoms with Crippen LogP contribution in [0.3, 0.4) is 0 Å². The van der Waals surface area contributed by atoms with Gasteiger partial charge in [0.15, 0.2) is 5.82 Å². The van der Waals surface area contributed by atoms with Crippen molar-refractivity contribution in [1.82, 2.24) is 9.97 Å². The fourth-order valence-electron chi connectivity index (χ4n) is 1.53. The summed E-state index contributed by atoms with van der Waals surface area (Å²) in [7, 11) is 0. The van der Waals surface area contributed by atoms with Gasteiger partial charge < -0.3 is 10.3 Å². The number of imidazole rings is 1. The van der Waals surface area contributed by atoms with E-state index in [0.717, 1.165) is 12.1 Å². The first-order valence-corrected chi connectivity index (χ1v) is 6.11. The Labute approximate surface area is 112 Å². The summed E-state index contributed by atoms with van der Waals surface area (Å²) in [6.07, 6.45) is 4.05. The van der Waals surface area contributed by atoms with E-state index in [1.54, 1.807) is 24.7 Å². The molecule has 4 nitrogen and oxygen atoms in total. The van der Waals surface area contributed by atoms with Gasteiger partial charge in [-0.1, -0.05) is 0 Å². The quantitative estimate of drug-likeness (QED) is 0.913. The molecule has 6 heteroatoms. The van der Waals surface area contributed by atoms with Crippen LogP contribution in [0.2, 0.25) is 0 Å². The number of halogens is 2. The highest BCUT2D eigenvalue weighted by Crippen LogP contribution is 2.26. The SMILES string of the molecule is N#Cc1ccc(NCCc2cnc[nH]2)c(F)c1Br. The minimum absolute atomic E-state index is 0.191. The van der Waals surface area contributed by atoms with E-state index in [1.807, 2.05) is 6.07 Å². The molecule has 1 aromatic heterocycles. The Balaban J connectivity index is 2.02. The third kappa shape index (κ3) is 2.68. The van der Waals surface area contributed by atoms with Crippen molar-refractivity contribution in [3.8, 4) is 6.07 Å². The van der Waals surface area contributed by atoms with Crippen molar-refractivity contribution >= 4 is 21.6 Å². The first-order valence-electron chi connectivity index (χ1n) is 5.31. The topological polar surface area (TPSA) is 64.5 Å². The zero-order valence-corrected chi connectivity index (χ0v) is 11.0. The highest BCUT2D eigenvalue weighted by atomic mass is 79.9. The average Bonchev–Trinajstić information content (AvgIpc) is 2.88. The predicted octanol–water partition coefficient (Wildman–Crippen LogP) is 2.84. The summed E-state index contributed by atoms with van der Waals surface area (Å²) in [6.45, 7) is 0.581. The number of nitrogens with one attached hydrogen (secondary N) is 2. The van der Waals surface area contributed by atoms with E-state index in [4.69, 9.17) is 5.26 Å². The van der Waals surface area contributed by atoms with E-state index in [1.165, 1.54) is 0 Å². The molecule has 0 aliphatic heterocycles. The predicted molar refractivity (Wildman–Crippen MR) is 69.6 cm³/mol. The van der Waals surface area contributed by atoms with Gasteiger partial charge >= 0.3 is 0 Å². The van der Waals surface area contributed by atoms with Gasteiger partial charge in [0, 0.05) is 24.9 Å². The number of rotatable bonds is 4. The van der Waals surface area contributed by atoms with Gasteiger partial charge in [-0.3, -0.25) is 0 Å². The van der Waals surface area contributed by atoms with Crippen molar-refractivity contribution in [2.75, 3.05) is 11.9 Å². The first kappa shape index (κ1) is 12.6. The Bertz CT molecular complexity index is 575. The fourth-order valence-corrected chi connectivity index (χ4v) is 1.96. The van der Waals surface area contributed by atoms with E-state index in [2.05, 4.69) is 31.2 Å². The second-order valence-electron chi connectivity index (χ2n) is 3.65. The van der Waals surface area contributed by atoms with Crippen molar-refractivity contribution in [2.24, 2.45) is 0 Å². The number of H-pyrrole nitrogens is 1. The molecule has 18 heavy (non-hydrogen) atoms. The summed E-state index contributed by atoms with van der Waals surface area (Å²) < 4.78 is 14.0. The second-order valence-corrected chi connectivity index (χ2v) is 4.45. The molecule has 1 heterocycles. The lowest BCUT2D eigenvalue weighted by atomic mass is 10.2. The van der Waals surface area contributed by atoms with Crippen LogP contribution in [-0.2, 0) is 6.42 Å². The molecule has 0 aliphatic rings. The molecule has 0 aliphatic carbocycles. The molecule has 0 spiro atoms. The molecular formula is C12H10BrFN4. The lowest BCUT2D eigenvalue weighted by molar-refractivity contribution is 0.623. The van der Waals surface area contributed by atoms with Crippen LogP contribution in [-0.4, -0.2) is 16.5 Å². The van der Waals surface area contributed by atoms with Crippen molar-refractivity contribution < 1.29 is 4.39 Å². The number of hydrogen-bond donors (Lipinski definition) is 2. The Hall–Kier alpha value is -1.87. The van der Waals surface area contributed by atoms with Crippen LogP contribution >= 0.6 is 15.9 Å². The van der Waals surface area contributed by atoms with Crippen LogP contribution in [0.1, 0.15) is 11.3 Å². The molecule has 0 saturated carbocycles. The van der Waals surface area contributed by atoms with Gasteiger partial charge in [0.1, 0.15) is 6.07 Å². The van der Waals surface area contributed by atoms with E-state index in [9.17, 15) is 4.39 Å². The summed E-state index contributed by atoms with van der Waals surface area (Å²) in [5.74, 6) is -0.446.